The van der Waals surface area contributed by atoms with Crippen molar-refractivity contribution in [3.8, 4) is 0 Å². The van der Waals surface area contributed by atoms with Gasteiger partial charge in [-0.3, -0.25) is 9.79 Å². The number of nitrogens with zero attached hydrogens (tertiary/aromatic N) is 3. The zero-order valence-electron chi connectivity index (χ0n) is 15.1. The number of hydrogen-bond acceptors (Lipinski definition) is 3. The third-order valence-corrected chi connectivity index (χ3v) is 6.75. The highest BCUT2D eigenvalue weighted by molar-refractivity contribution is 9.10. The summed E-state index contributed by atoms with van der Waals surface area (Å²) in [4.78, 5) is 26.9. The van der Waals surface area contributed by atoms with E-state index in [-0.39, 0.29) is 11.3 Å². The second-order valence-electron chi connectivity index (χ2n) is 7.74. The number of benzene rings is 1. The number of β-lactam (4-membered cyclic amide) rings is 1. The van der Waals surface area contributed by atoms with Gasteiger partial charge in [-0.05, 0) is 34.1 Å². The molecule has 4 heterocycles. The van der Waals surface area contributed by atoms with E-state index >= 15 is 0 Å². The first kappa shape index (κ1) is 18.3. The van der Waals surface area contributed by atoms with Crippen molar-refractivity contribution in [1.29, 1.82) is 0 Å². The number of fused-ring (bicyclic) bond motifs is 2. The van der Waals surface area contributed by atoms with Crippen LogP contribution in [0, 0.1) is 0 Å². The molecule has 28 heavy (non-hydrogen) atoms. The van der Waals surface area contributed by atoms with Crippen molar-refractivity contribution >= 4 is 65.8 Å². The van der Waals surface area contributed by atoms with Crippen LogP contribution in [0.4, 0.5) is 5.69 Å². The molecule has 5 rings (SSSR count). The molecule has 2 aromatic rings. The van der Waals surface area contributed by atoms with E-state index in [9.17, 15) is 4.79 Å². The number of carbonyl (C=O) groups is 1. The highest BCUT2D eigenvalue weighted by Crippen LogP contribution is 2.53. The number of amides is 1. The SMILES string of the molecule is CC1(C)/C=C/C2=Nc3cc(Br)ccc3[C@@]23CC(=O)N3/C=C(\Cl)c2nc(Br)[nH]c21. The molecule has 5 nitrogen and oxygen atoms in total. The lowest BCUT2D eigenvalue weighted by Crippen LogP contribution is -2.61. The van der Waals surface area contributed by atoms with Gasteiger partial charge in [-0.15, -0.1) is 0 Å². The van der Waals surface area contributed by atoms with Gasteiger partial charge in [-0.2, -0.15) is 0 Å². The van der Waals surface area contributed by atoms with E-state index in [1.54, 1.807) is 11.1 Å². The average Bonchev–Trinajstić information content (AvgIpc) is 3.17. The van der Waals surface area contributed by atoms with Crippen LogP contribution in [0.2, 0.25) is 0 Å². The van der Waals surface area contributed by atoms with Crippen LogP contribution in [0.5, 0.6) is 0 Å². The largest absolute Gasteiger partial charge is 0.335 e. The van der Waals surface area contributed by atoms with Gasteiger partial charge >= 0.3 is 0 Å². The predicted molar refractivity (Wildman–Crippen MR) is 117 cm³/mol. The van der Waals surface area contributed by atoms with E-state index in [0.717, 1.165) is 27.1 Å². The second-order valence-corrected chi connectivity index (χ2v) is 9.82. The Morgan fingerprint density at radius 3 is 2.82 bits per heavy atom. The number of aromatic nitrogens is 2. The fourth-order valence-electron chi connectivity index (χ4n) is 4.14. The maximum absolute atomic E-state index is 12.6. The molecule has 1 amide bonds. The normalized spacial score (nSPS) is 27.5. The van der Waals surface area contributed by atoms with Crippen LogP contribution in [0.1, 0.15) is 37.2 Å². The maximum atomic E-state index is 12.6. The van der Waals surface area contributed by atoms with Crippen LogP contribution in [0.15, 0.2) is 50.7 Å². The first-order valence-corrected chi connectivity index (χ1v) is 10.7. The lowest BCUT2D eigenvalue weighted by Gasteiger charge is -2.49. The molecule has 0 unspecified atom stereocenters. The third kappa shape index (κ3) is 2.39. The molecular weight excluding hydrogens is 508 g/mol. The number of imidazole rings is 1. The highest BCUT2D eigenvalue weighted by atomic mass is 79.9. The lowest BCUT2D eigenvalue weighted by atomic mass is 9.74. The number of halogens is 3. The maximum Gasteiger partial charge on any atom is 0.230 e. The molecule has 1 N–H and O–H groups in total. The van der Waals surface area contributed by atoms with E-state index in [2.05, 4.69) is 61.8 Å². The summed E-state index contributed by atoms with van der Waals surface area (Å²) in [6.07, 6.45) is 6.18. The van der Waals surface area contributed by atoms with Gasteiger partial charge in [-0.1, -0.05) is 53.5 Å². The average molecular weight is 523 g/mol. The number of aliphatic imine (C=N–C) groups is 1. The molecule has 1 aromatic heterocycles. The molecule has 3 aliphatic rings. The summed E-state index contributed by atoms with van der Waals surface area (Å²) in [6, 6.07) is 5.99. The van der Waals surface area contributed by atoms with Crippen molar-refractivity contribution in [2.75, 3.05) is 0 Å². The van der Waals surface area contributed by atoms with Crippen molar-refractivity contribution in [2.24, 2.45) is 4.99 Å². The number of nitrogens with one attached hydrogen (secondary N) is 1. The van der Waals surface area contributed by atoms with Crippen LogP contribution in [-0.2, 0) is 15.7 Å². The van der Waals surface area contributed by atoms with Crippen molar-refractivity contribution in [2.45, 2.75) is 31.2 Å². The molecule has 1 spiro atoms. The van der Waals surface area contributed by atoms with E-state index in [1.807, 2.05) is 24.3 Å². The zero-order chi connectivity index (χ0) is 19.8. The number of allylic oxidation sites excluding steroid dienone is 1. The van der Waals surface area contributed by atoms with Gasteiger partial charge in [0.25, 0.3) is 0 Å². The molecule has 1 atom stereocenters. The van der Waals surface area contributed by atoms with E-state index in [4.69, 9.17) is 16.6 Å². The number of carbonyl (C=O) groups excluding carboxylic acids is 1. The number of hydrogen-bond donors (Lipinski definition) is 1. The molecular formula is C20H15Br2ClN4O. The van der Waals surface area contributed by atoms with Gasteiger partial charge < -0.3 is 9.88 Å². The van der Waals surface area contributed by atoms with Crippen molar-refractivity contribution in [3.05, 3.63) is 62.7 Å². The number of H-pyrrole nitrogens is 1. The van der Waals surface area contributed by atoms with Crippen molar-refractivity contribution in [1.82, 2.24) is 14.9 Å². The fourth-order valence-corrected chi connectivity index (χ4v) is 5.10. The van der Waals surface area contributed by atoms with Crippen molar-refractivity contribution in [3.63, 3.8) is 0 Å². The first-order chi connectivity index (χ1) is 13.2. The summed E-state index contributed by atoms with van der Waals surface area (Å²) >= 11 is 13.6. The quantitative estimate of drug-likeness (QED) is 0.463. The minimum absolute atomic E-state index is 0.00556. The minimum Gasteiger partial charge on any atom is -0.335 e. The van der Waals surface area contributed by atoms with Crippen LogP contribution >= 0.6 is 43.5 Å². The monoisotopic (exact) mass is 520 g/mol. The van der Waals surface area contributed by atoms with Gasteiger partial charge in [0.05, 0.1) is 28.5 Å². The Morgan fingerprint density at radius 1 is 1.29 bits per heavy atom. The Bertz CT molecular complexity index is 1150. The van der Waals surface area contributed by atoms with Gasteiger partial charge in [0.1, 0.15) is 11.2 Å². The zero-order valence-corrected chi connectivity index (χ0v) is 19.0. The summed E-state index contributed by atoms with van der Waals surface area (Å²) in [5, 5.41) is 0.415. The molecule has 0 aliphatic carbocycles. The predicted octanol–water partition coefficient (Wildman–Crippen LogP) is 5.53. The summed E-state index contributed by atoms with van der Waals surface area (Å²) in [5.74, 6) is 0.00556. The molecule has 0 saturated carbocycles. The summed E-state index contributed by atoms with van der Waals surface area (Å²) in [5.41, 5.74) is 3.24. The van der Waals surface area contributed by atoms with Crippen LogP contribution in [0.25, 0.3) is 5.03 Å². The molecule has 1 aromatic carbocycles. The van der Waals surface area contributed by atoms with Crippen molar-refractivity contribution < 1.29 is 4.79 Å². The third-order valence-electron chi connectivity index (χ3n) is 5.60. The standard InChI is InChI=1S/C20H15Br2ClN4O/c1-19(2)6-5-14-20(11-4-3-10(21)7-13(11)24-14)8-15(28)27(20)9-12(23)16-17(19)26-18(22)25-16/h3-7,9H,8H2,1-2H3,(H,25,26)/b6-5+,12-9-/t20-/m0/s1. The molecule has 1 saturated heterocycles. The fraction of sp³-hybridized carbons (Fsp3) is 0.250. The summed E-state index contributed by atoms with van der Waals surface area (Å²) < 4.78 is 1.55. The Morgan fingerprint density at radius 2 is 2.07 bits per heavy atom. The first-order valence-electron chi connectivity index (χ1n) is 8.77. The topological polar surface area (TPSA) is 61.4 Å². The van der Waals surface area contributed by atoms with E-state index in [0.29, 0.717) is 21.9 Å². The van der Waals surface area contributed by atoms with Gasteiger partial charge in [0.2, 0.25) is 5.91 Å². The summed E-state index contributed by atoms with van der Waals surface area (Å²) in [7, 11) is 0. The van der Waals surface area contributed by atoms with Gasteiger partial charge in [0.15, 0.2) is 4.73 Å². The highest BCUT2D eigenvalue weighted by Gasteiger charge is 2.58. The number of rotatable bonds is 0. The molecule has 3 aliphatic heterocycles. The molecule has 0 radical (unpaired) electrons. The van der Waals surface area contributed by atoms with Crippen LogP contribution in [0.3, 0.4) is 0 Å². The summed E-state index contributed by atoms with van der Waals surface area (Å²) in [6.45, 7) is 4.18. The van der Waals surface area contributed by atoms with Gasteiger partial charge in [-0.25, -0.2) is 4.98 Å². The Hall–Kier alpha value is -1.70. The lowest BCUT2D eigenvalue weighted by molar-refractivity contribution is -0.145. The Kier molecular flexibility index (Phi) is 3.87. The minimum atomic E-state index is -0.620. The van der Waals surface area contributed by atoms with E-state index in [1.165, 1.54) is 0 Å². The Labute approximate surface area is 183 Å². The molecule has 1 fully saturated rings. The smallest absolute Gasteiger partial charge is 0.230 e. The number of aromatic amines is 1. The molecule has 142 valence electrons. The van der Waals surface area contributed by atoms with Gasteiger partial charge in [0, 0.05) is 21.7 Å². The van der Waals surface area contributed by atoms with E-state index < -0.39 is 5.54 Å². The molecule has 0 bridgehead atoms. The Balaban J connectivity index is 1.79. The second kappa shape index (κ2) is 5.90. The van der Waals surface area contributed by atoms with Crippen LogP contribution in [-0.4, -0.2) is 26.5 Å². The molecule has 8 heteroatoms. The van der Waals surface area contributed by atoms with Crippen LogP contribution < -0.4 is 0 Å².